The molecule has 0 aliphatic heterocycles. The molecule has 0 unspecified atom stereocenters. The molecule has 0 saturated carbocycles. The van der Waals surface area contributed by atoms with Crippen molar-refractivity contribution in [2.75, 3.05) is 0 Å². The Bertz CT molecular complexity index is 1490. The van der Waals surface area contributed by atoms with Crippen LogP contribution in [0.4, 0.5) is 0 Å². The predicted octanol–water partition coefficient (Wildman–Crippen LogP) is 9.69. The van der Waals surface area contributed by atoms with Gasteiger partial charge in [-0.15, -0.1) is 0 Å². The van der Waals surface area contributed by atoms with Crippen molar-refractivity contribution in [3.8, 4) is 17.2 Å². The van der Waals surface area contributed by atoms with E-state index in [-0.39, 0.29) is 26.4 Å². The summed E-state index contributed by atoms with van der Waals surface area (Å²) < 4.78 is 31.6. The molecule has 0 spiro atoms. The summed E-state index contributed by atoms with van der Waals surface area (Å²) in [5, 5.41) is 9.42. The fourth-order valence-electron chi connectivity index (χ4n) is 4.23. The van der Waals surface area contributed by atoms with Gasteiger partial charge in [0.25, 0.3) is 0 Å². The van der Waals surface area contributed by atoms with Crippen LogP contribution in [0.1, 0.15) is 78.5 Å². The van der Waals surface area contributed by atoms with E-state index in [1.165, 1.54) is 53.1 Å². The summed E-state index contributed by atoms with van der Waals surface area (Å²) in [7, 11) is -3.67. The van der Waals surface area contributed by atoms with Crippen LogP contribution >= 0.6 is 0 Å². The maximum atomic E-state index is 12.8. The Kier molecular flexibility index (Phi) is 10.1. The van der Waals surface area contributed by atoms with Crippen LogP contribution in [0.15, 0.2) is 107 Å². The van der Waals surface area contributed by atoms with Crippen LogP contribution in [-0.4, -0.2) is 13.5 Å². The third-order valence-corrected chi connectivity index (χ3v) is 9.15. The van der Waals surface area contributed by atoms with Gasteiger partial charge in [-0.3, -0.25) is 0 Å². The van der Waals surface area contributed by atoms with E-state index in [2.05, 4.69) is 91.8 Å². The van der Waals surface area contributed by atoms with Crippen LogP contribution in [0, 0.1) is 5.92 Å². The van der Waals surface area contributed by atoms with Crippen LogP contribution in [0.5, 0.6) is 17.2 Å². The number of benzene rings is 4. The van der Waals surface area contributed by atoms with Gasteiger partial charge < -0.3 is 9.84 Å². The lowest BCUT2D eigenvalue weighted by Crippen LogP contribution is -2.20. The third kappa shape index (κ3) is 8.01. The Balaban J connectivity index is 0.00000108. The molecule has 0 heterocycles. The molecule has 5 heteroatoms. The van der Waals surface area contributed by atoms with E-state index in [1.807, 2.05) is 12.1 Å². The highest BCUT2D eigenvalue weighted by atomic mass is 32.2. The van der Waals surface area contributed by atoms with Gasteiger partial charge >= 0.3 is 0 Å². The van der Waals surface area contributed by atoms with Gasteiger partial charge in [-0.25, -0.2) is 8.42 Å². The molecule has 41 heavy (non-hydrogen) atoms. The number of hydrogen-bond acceptors (Lipinski definition) is 4. The molecule has 0 fully saturated rings. The number of phenolic OH excluding ortho intramolecular Hbond substituents is 1. The van der Waals surface area contributed by atoms with Crippen molar-refractivity contribution < 1.29 is 18.3 Å². The topological polar surface area (TPSA) is 63.6 Å². The molecule has 0 bridgehead atoms. The smallest absolute Gasteiger partial charge is 0.206 e. The number of rotatable bonds is 8. The number of aromatic hydroxyl groups is 1. The molecule has 1 N–H and O–H groups in total. The first-order chi connectivity index (χ1) is 19.2. The van der Waals surface area contributed by atoms with Crippen LogP contribution in [-0.2, 0) is 20.7 Å². The second kappa shape index (κ2) is 12.9. The van der Waals surface area contributed by atoms with E-state index in [1.54, 1.807) is 12.1 Å². The number of hydrogen-bond donors (Lipinski definition) is 1. The van der Waals surface area contributed by atoms with E-state index in [0.29, 0.717) is 11.5 Å². The molecule has 4 aromatic carbocycles. The molecule has 0 atom stereocenters. The maximum absolute atomic E-state index is 12.8. The molecule has 0 aliphatic carbocycles. The first-order valence-electron chi connectivity index (χ1n) is 14.2. The van der Waals surface area contributed by atoms with Gasteiger partial charge in [-0.05, 0) is 95.1 Å². The minimum Gasteiger partial charge on any atom is -0.508 e. The summed E-state index contributed by atoms with van der Waals surface area (Å²) in [6.45, 7) is 17.7. The van der Waals surface area contributed by atoms with Gasteiger partial charge in [0, 0.05) is 5.41 Å². The monoisotopic (exact) mass is 572 g/mol. The Morgan fingerprint density at radius 2 is 0.976 bits per heavy atom. The van der Waals surface area contributed by atoms with Crippen LogP contribution < -0.4 is 4.74 Å². The normalized spacial score (nSPS) is 12.0. The third-order valence-electron chi connectivity index (χ3n) is 7.36. The summed E-state index contributed by atoms with van der Waals surface area (Å²) in [5.41, 5.74) is 3.77. The van der Waals surface area contributed by atoms with E-state index in [0.717, 1.165) is 12.3 Å². The van der Waals surface area contributed by atoms with Gasteiger partial charge in [-0.1, -0.05) is 91.8 Å². The molecule has 4 rings (SSSR count). The Morgan fingerprint density at radius 1 is 0.634 bits per heavy atom. The zero-order valence-electron chi connectivity index (χ0n) is 25.6. The first kappa shape index (κ1) is 32.0. The lowest BCUT2D eigenvalue weighted by Gasteiger charge is -2.28. The molecule has 0 aromatic heterocycles. The van der Waals surface area contributed by atoms with Crippen molar-refractivity contribution in [1.29, 1.82) is 0 Å². The largest absolute Gasteiger partial charge is 0.508 e. The molecular formula is C36H44O4S. The Hall–Kier alpha value is -3.57. The van der Waals surface area contributed by atoms with Crippen LogP contribution in [0.3, 0.4) is 0 Å². The van der Waals surface area contributed by atoms with Gasteiger partial charge in [0.05, 0.1) is 9.79 Å². The summed E-state index contributed by atoms with van der Waals surface area (Å²) in [4.78, 5) is 0.289. The molecule has 0 amide bonds. The summed E-state index contributed by atoms with van der Waals surface area (Å²) in [6.07, 6.45) is 1.09. The highest BCUT2D eigenvalue weighted by Gasteiger charge is 2.25. The van der Waals surface area contributed by atoms with Crippen molar-refractivity contribution >= 4 is 9.84 Å². The molecule has 0 saturated heterocycles. The van der Waals surface area contributed by atoms with Crippen molar-refractivity contribution in [3.05, 3.63) is 114 Å². The van der Waals surface area contributed by atoms with Crippen molar-refractivity contribution in [2.45, 2.75) is 82.4 Å². The van der Waals surface area contributed by atoms with Crippen LogP contribution in [0.2, 0.25) is 0 Å². The number of phenols is 1. The van der Waals surface area contributed by atoms with E-state index >= 15 is 0 Å². The van der Waals surface area contributed by atoms with E-state index in [9.17, 15) is 13.5 Å². The molecule has 0 radical (unpaired) electrons. The molecule has 4 nitrogen and oxygen atoms in total. The van der Waals surface area contributed by atoms with Crippen molar-refractivity contribution in [3.63, 3.8) is 0 Å². The highest BCUT2D eigenvalue weighted by Crippen LogP contribution is 2.35. The molecular weight excluding hydrogens is 528 g/mol. The second-order valence-electron chi connectivity index (χ2n) is 12.3. The van der Waals surface area contributed by atoms with E-state index in [4.69, 9.17) is 4.74 Å². The summed E-state index contributed by atoms with van der Waals surface area (Å²) in [5.74, 6) is 2.07. The fourth-order valence-corrected chi connectivity index (χ4v) is 5.49. The second-order valence-corrected chi connectivity index (χ2v) is 14.2. The lowest BCUT2D eigenvalue weighted by molar-refractivity contribution is 0.475. The Labute approximate surface area is 247 Å². The Morgan fingerprint density at radius 3 is 1.39 bits per heavy atom. The average Bonchev–Trinajstić information content (AvgIpc) is 2.94. The quantitative estimate of drug-likeness (QED) is 0.228. The molecule has 0 aliphatic rings. The zero-order chi connectivity index (χ0) is 30.4. The first-order valence-corrected chi connectivity index (χ1v) is 15.7. The number of sulfone groups is 1. The molecule has 4 aromatic rings. The van der Waals surface area contributed by atoms with Crippen LogP contribution in [0.25, 0.3) is 0 Å². The zero-order valence-corrected chi connectivity index (χ0v) is 26.4. The van der Waals surface area contributed by atoms with Gasteiger partial charge in [0.15, 0.2) is 0 Å². The summed E-state index contributed by atoms with van der Waals surface area (Å²) >= 11 is 0. The lowest BCUT2D eigenvalue weighted by atomic mass is 9.76. The van der Waals surface area contributed by atoms with Gasteiger partial charge in [0.1, 0.15) is 17.2 Å². The minimum absolute atomic E-state index is 0.0195. The van der Waals surface area contributed by atoms with Gasteiger partial charge in [0.2, 0.25) is 9.84 Å². The fraction of sp³-hybridized carbons (Fsp3) is 0.333. The van der Waals surface area contributed by atoms with Crippen molar-refractivity contribution in [1.82, 2.24) is 0 Å². The van der Waals surface area contributed by atoms with E-state index < -0.39 is 9.84 Å². The SMILES string of the molecule is CC(C)C.CCC(C)(C)c1ccc(C(C)(C)c2ccc(Oc3ccc(S(=O)(=O)c4ccc(O)cc4)cc3)cc2)cc1. The van der Waals surface area contributed by atoms with Crippen molar-refractivity contribution in [2.24, 2.45) is 5.92 Å². The standard InChI is InChI=1S/C32H34O4S.C4H10/c1-6-31(2,3)23-7-9-24(10-8-23)32(4,5)25-11-15-27(16-12-25)36-28-17-21-30(22-18-28)37(34,35)29-19-13-26(33)14-20-29;1-4(2)3/h7-22,33H,6H2,1-5H3;4H,1-3H3. The summed E-state index contributed by atoms with van der Waals surface area (Å²) in [6, 6.07) is 28.8. The highest BCUT2D eigenvalue weighted by molar-refractivity contribution is 7.91. The molecule has 218 valence electrons. The average molecular weight is 573 g/mol. The van der Waals surface area contributed by atoms with Gasteiger partial charge in [-0.2, -0.15) is 0 Å². The minimum atomic E-state index is -3.67. The maximum Gasteiger partial charge on any atom is 0.206 e. The number of ether oxygens (including phenoxy) is 1. The predicted molar refractivity (Wildman–Crippen MR) is 169 cm³/mol.